The maximum atomic E-state index is 12.2. The fourth-order valence-corrected chi connectivity index (χ4v) is 3.89. The fraction of sp³-hybridized carbons (Fsp3) is 0.130. The molecule has 0 atom stereocenters. The van der Waals surface area contributed by atoms with Crippen molar-refractivity contribution in [1.82, 2.24) is 4.98 Å². The van der Waals surface area contributed by atoms with Crippen LogP contribution in [0.3, 0.4) is 0 Å². The normalized spacial score (nSPS) is 10.8. The van der Waals surface area contributed by atoms with Gasteiger partial charge in [-0.3, -0.25) is 10.1 Å². The number of thiazole rings is 1. The number of fused-ring (bicyclic) bond motifs is 1. The molecule has 0 unspecified atom stereocenters. The van der Waals surface area contributed by atoms with Gasteiger partial charge >= 0.3 is 0 Å². The minimum absolute atomic E-state index is 0.0505. The number of rotatable bonds is 6. The molecule has 4 aromatic rings. The third kappa shape index (κ3) is 4.56. The molecule has 4 nitrogen and oxygen atoms in total. The number of benzene rings is 3. The van der Waals surface area contributed by atoms with Crippen LogP contribution in [0.2, 0.25) is 0 Å². The van der Waals surface area contributed by atoms with Gasteiger partial charge < -0.3 is 4.74 Å². The van der Waals surface area contributed by atoms with E-state index in [2.05, 4.69) is 41.5 Å². The van der Waals surface area contributed by atoms with Gasteiger partial charge in [-0.15, -0.1) is 11.3 Å². The number of nitrogens with zero attached hydrogens (tertiary/aromatic N) is 1. The molecule has 0 radical (unpaired) electrons. The van der Waals surface area contributed by atoms with Crippen LogP contribution in [-0.4, -0.2) is 17.5 Å². The van der Waals surface area contributed by atoms with Crippen LogP contribution in [-0.2, 0) is 11.2 Å². The van der Waals surface area contributed by atoms with Crippen LogP contribution >= 0.6 is 11.3 Å². The Morgan fingerprint density at radius 1 is 1.04 bits per heavy atom. The summed E-state index contributed by atoms with van der Waals surface area (Å²) < 4.78 is 5.63. The van der Waals surface area contributed by atoms with Crippen molar-refractivity contribution in [2.24, 2.45) is 0 Å². The molecule has 0 saturated heterocycles. The van der Waals surface area contributed by atoms with Gasteiger partial charge in [0.2, 0.25) is 0 Å². The van der Waals surface area contributed by atoms with Crippen molar-refractivity contribution in [3.63, 3.8) is 0 Å². The molecule has 5 heteroatoms. The predicted molar refractivity (Wildman–Crippen MR) is 114 cm³/mol. The van der Waals surface area contributed by atoms with Gasteiger partial charge in [-0.1, -0.05) is 60.2 Å². The Kier molecular flexibility index (Phi) is 5.35. The molecule has 3 aromatic carbocycles. The summed E-state index contributed by atoms with van der Waals surface area (Å²) in [5.74, 6) is 0.456. The van der Waals surface area contributed by atoms with Crippen molar-refractivity contribution in [3.05, 3.63) is 88.9 Å². The Balaban J connectivity index is 1.33. The molecule has 140 valence electrons. The van der Waals surface area contributed by atoms with Crippen LogP contribution in [0.25, 0.3) is 10.8 Å². The number of anilines is 1. The van der Waals surface area contributed by atoms with Gasteiger partial charge in [-0.25, -0.2) is 4.98 Å². The van der Waals surface area contributed by atoms with Crippen molar-refractivity contribution in [1.29, 1.82) is 0 Å². The van der Waals surface area contributed by atoms with E-state index in [0.29, 0.717) is 10.9 Å². The Morgan fingerprint density at radius 3 is 2.75 bits per heavy atom. The molecule has 0 saturated carbocycles. The van der Waals surface area contributed by atoms with Crippen LogP contribution < -0.4 is 10.1 Å². The molecule has 1 aromatic heterocycles. The van der Waals surface area contributed by atoms with Gasteiger partial charge in [0.1, 0.15) is 5.75 Å². The quantitative estimate of drug-likeness (QED) is 0.493. The maximum Gasteiger partial charge on any atom is 0.264 e. The summed E-state index contributed by atoms with van der Waals surface area (Å²) in [5.41, 5.74) is 2.47. The average Bonchev–Trinajstić information content (AvgIpc) is 3.13. The Morgan fingerprint density at radius 2 is 1.89 bits per heavy atom. The molecule has 4 rings (SSSR count). The Labute approximate surface area is 167 Å². The monoisotopic (exact) mass is 388 g/mol. The third-order valence-electron chi connectivity index (χ3n) is 4.35. The number of hydrogen-bond donors (Lipinski definition) is 1. The zero-order chi connectivity index (χ0) is 19.3. The molecule has 0 aliphatic carbocycles. The first-order chi connectivity index (χ1) is 13.7. The van der Waals surface area contributed by atoms with E-state index in [0.717, 1.165) is 22.1 Å². The van der Waals surface area contributed by atoms with Crippen molar-refractivity contribution in [2.45, 2.75) is 13.3 Å². The van der Waals surface area contributed by atoms with Gasteiger partial charge in [0, 0.05) is 17.5 Å². The van der Waals surface area contributed by atoms with E-state index in [1.165, 1.54) is 22.5 Å². The van der Waals surface area contributed by atoms with Gasteiger partial charge in [-0.05, 0) is 35.4 Å². The first-order valence-electron chi connectivity index (χ1n) is 9.07. The average molecular weight is 388 g/mol. The minimum atomic E-state index is -0.218. The highest BCUT2D eigenvalue weighted by molar-refractivity contribution is 7.15. The molecule has 0 fully saturated rings. The molecule has 0 bridgehead atoms. The second-order valence-corrected chi connectivity index (χ2v) is 7.76. The second kappa shape index (κ2) is 8.23. The van der Waals surface area contributed by atoms with Crippen LogP contribution in [0, 0.1) is 6.92 Å². The van der Waals surface area contributed by atoms with Crippen molar-refractivity contribution < 1.29 is 9.53 Å². The lowest BCUT2D eigenvalue weighted by Gasteiger charge is -2.07. The number of carbonyl (C=O) groups is 1. The lowest BCUT2D eigenvalue weighted by atomic mass is 10.1. The first-order valence-corrected chi connectivity index (χ1v) is 9.89. The largest absolute Gasteiger partial charge is 0.484 e. The number of nitrogens with one attached hydrogen (secondary N) is 1. The van der Waals surface area contributed by atoms with E-state index in [9.17, 15) is 4.79 Å². The first kappa shape index (κ1) is 18.2. The smallest absolute Gasteiger partial charge is 0.264 e. The van der Waals surface area contributed by atoms with Crippen LogP contribution in [0.4, 0.5) is 5.13 Å². The van der Waals surface area contributed by atoms with Gasteiger partial charge in [-0.2, -0.15) is 0 Å². The lowest BCUT2D eigenvalue weighted by molar-refractivity contribution is -0.118. The van der Waals surface area contributed by atoms with E-state index in [-0.39, 0.29) is 12.5 Å². The topological polar surface area (TPSA) is 51.2 Å². The number of aromatic nitrogens is 1. The molecular formula is C23H20N2O2S. The summed E-state index contributed by atoms with van der Waals surface area (Å²) >= 11 is 1.49. The molecule has 1 amide bonds. The van der Waals surface area contributed by atoms with Crippen LogP contribution in [0.1, 0.15) is 16.0 Å². The van der Waals surface area contributed by atoms with Crippen molar-refractivity contribution in [2.75, 3.05) is 11.9 Å². The summed E-state index contributed by atoms with van der Waals surface area (Å²) in [7, 11) is 0. The summed E-state index contributed by atoms with van der Waals surface area (Å²) in [6, 6.07) is 22.2. The highest BCUT2D eigenvalue weighted by Crippen LogP contribution is 2.22. The molecular weight excluding hydrogens is 368 g/mol. The second-order valence-electron chi connectivity index (χ2n) is 6.64. The van der Waals surface area contributed by atoms with Gasteiger partial charge in [0.05, 0.1) is 0 Å². The highest BCUT2D eigenvalue weighted by Gasteiger charge is 2.09. The lowest BCUT2D eigenvalue weighted by Crippen LogP contribution is -2.19. The Bertz CT molecular complexity index is 1120. The molecule has 1 heterocycles. The highest BCUT2D eigenvalue weighted by atomic mass is 32.1. The van der Waals surface area contributed by atoms with Crippen LogP contribution in [0.5, 0.6) is 5.75 Å². The van der Waals surface area contributed by atoms with Crippen molar-refractivity contribution >= 4 is 33.1 Å². The predicted octanol–water partition coefficient (Wildman–Crippen LogP) is 5.21. The molecule has 1 N–H and O–H groups in total. The zero-order valence-corrected chi connectivity index (χ0v) is 16.3. The SMILES string of the molecule is Cc1cccc(Cc2cnc(NC(=O)COc3ccc4ccccc4c3)s2)c1. The van der Waals surface area contributed by atoms with E-state index in [1.54, 1.807) is 0 Å². The maximum absolute atomic E-state index is 12.2. The summed E-state index contributed by atoms with van der Waals surface area (Å²) in [6.07, 6.45) is 2.62. The molecule has 0 aliphatic rings. The number of aryl methyl sites for hydroxylation is 1. The van der Waals surface area contributed by atoms with E-state index in [1.807, 2.05) is 48.7 Å². The summed E-state index contributed by atoms with van der Waals surface area (Å²) in [5, 5.41) is 5.63. The van der Waals surface area contributed by atoms with Gasteiger partial charge in [0.25, 0.3) is 5.91 Å². The zero-order valence-electron chi connectivity index (χ0n) is 15.5. The van der Waals surface area contributed by atoms with Crippen molar-refractivity contribution in [3.8, 4) is 5.75 Å². The summed E-state index contributed by atoms with van der Waals surface area (Å²) in [6.45, 7) is 2.03. The number of amides is 1. The minimum Gasteiger partial charge on any atom is -0.484 e. The Hall–Kier alpha value is -3.18. The number of ether oxygens (including phenoxy) is 1. The van der Waals surface area contributed by atoms with E-state index in [4.69, 9.17) is 4.74 Å². The molecule has 28 heavy (non-hydrogen) atoms. The van der Waals surface area contributed by atoms with E-state index >= 15 is 0 Å². The third-order valence-corrected chi connectivity index (χ3v) is 5.26. The fourth-order valence-electron chi connectivity index (χ4n) is 3.03. The van der Waals surface area contributed by atoms with Gasteiger partial charge in [0.15, 0.2) is 11.7 Å². The van der Waals surface area contributed by atoms with E-state index < -0.39 is 0 Å². The number of carbonyl (C=O) groups excluding carboxylic acids is 1. The standard InChI is InChI=1S/C23H20N2O2S/c1-16-5-4-6-17(11-16)12-21-14-24-23(28-21)25-22(26)15-27-20-10-9-18-7-2-3-8-19(18)13-20/h2-11,13-14H,12,15H2,1H3,(H,24,25,26). The number of hydrogen-bond acceptors (Lipinski definition) is 4. The molecule has 0 aliphatic heterocycles. The molecule has 0 spiro atoms. The van der Waals surface area contributed by atoms with Crippen LogP contribution in [0.15, 0.2) is 72.9 Å². The summed E-state index contributed by atoms with van der Waals surface area (Å²) in [4.78, 5) is 17.6.